The molecule has 0 aliphatic carbocycles. The molecule has 2 N–H and O–H groups in total. The maximum atomic E-state index is 15.0. The second kappa shape index (κ2) is 9.19. The van der Waals surface area contributed by atoms with Crippen molar-refractivity contribution in [2.24, 2.45) is 0 Å². The van der Waals surface area contributed by atoms with E-state index in [1.165, 1.54) is 36.5 Å². The van der Waals surface area contributed by atoms with Gasteiger partial charge in [-0.1, -0.05) is 6.07 Å². The Hall–Kier alpha value is -3.08. The lowest BCUT2D eigenvalue weighted by Gasteiger charge is -2.24. The quantitative estimate of drug-likeness (QED) is 0.523. The van der Waals surface area contributed by atoms with Gasteiger partial charge in [-0.2, -0.15) is 8.42 Å². The van der Waals surface area contributed by atoms with E-state index in [1.54, 1.807) is 18.3 Å². The highest BCUT2D eigenvalue weighted by Crippen LogP contribution is 2.28. The first-order valence-electron chi connectivity index (χ1n) is 10.2. The fourth-order valence-electron chi connectivity index (χ4n) is 3.74. The number of hydrogen-bond donors (Lipinski definition) is 2. The minimum Gasteiger partial charge on any atom is -0.508 e. The van der Waals surface area contributed by atoms with Crippen LogP contribution in [0.1, 0.15) is 12.8 Å². The van der Waals surface area contributed by atoms with Crippen molar-refractivity contribution in [2.45, 2.75) is 12.8 Å². The number of likely N-dealkylation sites (tertiary alicyclic amines) is 1. The van der Waals surface area contributed by atoms with Gasteiger partial charge < -0.3 is 10.0 Å². The molecule has 1 aliphatic rings. The highest BCUT2D eigenvalue weighted by molar-refractivity contribution is 7.87. The normalized spacial score (nSPS) is 14.6. The molecule has 0 unspecified atom stereocenters. The Bertz CT molecular complexity index is 1200. The Morgan fingerprint density at radius 1 is 1.00 bits per heavy atom. The first-order valence-corrected chi connectivity index (χ1v) is 11.6. The molecule has 0 spiro atoms. The zero-order valence-corrected chi connectivity index (χ0v) is 18.0. The molecule has 1 aromatic heterocycles. The summed E-state index contributed by atoms with van der Waals surface area (Å²) in [5.74, 6) is -0.665. The molecule has 1 fully saturated rings. The molecule has 0 bridgehead atoms. The third-order valence-electron chi connectivity index (χ3n) is 5.41. The van der Waals surface area contributed by atoms with Crippen LogP contribution in [0.25, 0.3) is 22.5 Å². The summed E-state index contributed by atoms with van der Waals surface area (Å²) in [4.78, 5) is 10.7. The number of anilines is 1. The van der Waals surface area contributed by atoms with Crippen molar-refractivity contribution in [3.63, 3.8) is 0 Å². The summed E-state index contributed by atoms with van der Waals surface area (Å²) in [6.45, 7) is 2.07. The molecule has 0 saturated carbocycles. The molecular weight excluding hydrogens is 435 g/mol. The number of nitrogens with zero attached hydrogens (tertiary/aromatic N) is 4. The van der Waals surface area contributed by atoms with E-state index in [0.29, 0.717) is 27.8 Å². The standard InChI is InChI=1S/C22H23FN4O4S/c23-19-13-17(21-15-24-14-20(25-21)16-3-6-18(28)7-4-16)5-8-22(19)27(32(29,30)31)12-11-26-9-1-2-10-26/h3-8,13-15,28H,1-2,9-12H2,(H,29,30,31). The Morgan fingerprint density at radius 3 is 2.25 bits per heavy atom. The molecule has 10 heteroatoms. The van der Waals surface area contributed by atoms with Gasteiger partial charge >= 0.3 is 10.3 Å². The molecule has 168 valence electrons. The highest BCUT2D eigenvalue weighted by Gasteiger charge is 2.24. The lowest BCUT2D eigenvalue weighted by molar-refractivity contribution is 0.347. The number of aromatic hydroxyl groups is 1. The van der Waals surface area contributed by atoms with Gasteiger partial charge in [0.15, 0.2) is 0 Å². The van der Waals surface area contributed by atoms with E-state index in [2.05, 4.69) is 14.9 Å². The smallest absolute Gasteiger partial charge is 0.360 e. The maximum absolute atomic E-state index is 15.0. The van der Waals surface area contributed by atoms with Gasteiger partial charge in [0.2, 0.25) is 0 Å². The second-order valence-electron chi connectivity index (χ2n) is 7.60. The number of aromatic nitrogens is 2. The van der Waals surface area contributed by atoms with Crippen LogP contribution in [0.4, 0.5) is 10.1 Å². The largest absolute Gasteiger partial charge is 0.508 e. The fraction of sp³-hybridized carbons (Fsp3) is 0.273. The molecule has 8 nitrogen and oxygen atoms in total. The summed E-state index contributed by atoms with van der Waals surface area (Å²) in [5.41, 5.74) is 1.86. The van der Waals surface area contributed by atoms with Crippen LogP contribution in [0.5, 0.6) is 5.75 Å². The Labute approximate surface area is 185 Å². The van der Waals surface area contributed by atoms with Gasteiger partial charge in [0.05, 0.1) is 29.5 Å². The van der Waals surface area contributed by atoms with Gasteiger partial charge in [-0.25, -0.2) is 13.7 Å². The van der Waals surface area contributed by atoms with E-state index in [0.717, 1.165) is 31.5 Å². The van der Waals surface area contributed by atoms with E-state index >= 15 is 0 Å². The van der Waals surface area contributed by atoms with Gasteiger partial charge in [-0.15, -0.1) is 0 Å². The van der Waals surface area contributed by atoms with Crippen molar-refractivity contribution in [1.82, 2.24) is 14.9 Å². The van der Waals surface area contributed by atoms with Crippen molar-refractivity contribution in [2.75, 3.05) is 30.5 Å². The summed E-state index contributed by atoms with van der Waals surface area (Å²) in [5, 5.41) is 9.45. The first kappa shape index (κ1) is 22.1. The summed E-state index contributed by atoms with van der Waals surface area (Å²) >= 11 is 0. The number of rotatable bonds is 7. The van der Waals surface area contributed by atoms with E-state index < -0.39 is 16.1 Å². The van der Waals surface area contributed by atoms with Crippen LogP contribution >= 0.6 is 0 Å². The topological polar surface area (TPSA) is 107 Å². The predicted octanol–water partition coefficient (Wildman–Crippen LogP) is 3.36. The molecule has 32 heavy (non-hydrogen) atoms. The third-order valence-corrected chi connectivity index (χ3v) is 6.34. The van der Waals surface area contributed by atoms with Gasteiger partial charge in [-0.3, -0.25) is 9.54 Å². The van der Waals surface area contributed by atoms with Gasteiger partial charge in [-0.05, 0) is 62.3 Å². The van der Waals surface area contributed by atoms with Crippen LogP contribution in [0.15, 0.2) is 54.9 Å². The summed E-state index contributed by atoms with van der Waals surface area (Å²) in [7, 11) is -4.64. The predicted molar refractivity (Wildman–Crippen MR) is 119 cm³/mol. The number of hydrogen-bond acceptors (Lipinski definition) is 6. The summed E-state index contributed by atoms with van der Waals surface area (Å²) in [6.07, 6.45) is 5.11. The van der Waals surface area contributed by atoms with E-state index in [9.17, 15) is 22.5 Å². The van der Waals surface area contributed by atoms with Crippen LogP contribution in [0.3, 0.4) is 0 Å². The average molecular weight is 459 g/mol. The SMILES string of the molecule is O=S(=O)(O)N(CCN1CCCC1)c1ccc(-c2cncc(-c3ccc(O)cc3)n2)cc1F. The molecule has 3 aromatic rings. The van der Waals surface area contributed by atoms with Crippen molar-refractivity contribution in [3.8, 4) is 28.3 Å². The van der Waals surface area contributed by atoms with Crippen molar-refractivity contribution >= 4 is 16.0 Å². The molecule has 2 heterocycles. The van der Waals surface area contributed by atoms with Gasteiger partial charge in [0.1, 0.15) is 11.6 Å². The minimum atomic E-state index is -4.64. The zero-order chi connectivity index (χ0) is 22.7. The van der Waals surface area contributed by atoms with Gasteiger partial charge in [0.25, 0.3) is 0 Å². The number of halogens is 1. The van der Waals surface area contributed by atoms with E-state index in [1.807, 2.05) is 0 Å². The molecule has 0 amide bonds. The van der Waals surface area contributed by atoms with Crippen LogP contribution < -0.4 is 4.31 Å². The number of phenolic OH excluding ortho intramolecular Hbond substituents is 1. The van der Waals surface area contributed by atoms with Crippen LogP contribution in [0, 0.1) is 5.82 Å². The molecule has 0 radical (unpaired) electrons. The maximum Gasteiger partial charge on any atom is 0.360 e. The number of phenols is 1. The van der Waals surface area contributed by atoms with E-state index in [4.69, 9.17) is 0 Å². The minimum absolute atomic E-state index is 0.0504. The summed E-state index contributed by atoms with van der Waals surface area (Å²) < 4.78 is 49.2. The fourth-order valence-corrected chi connectivity index (χ4v) is 4.45. The van der Waals surface area contributed by atoms with Crippen molar-refractivity contribution < 1.29 is 22.5 Å². The molecule has 0 atom stereocenters. The molecule has 4 rings (SSSR count). The van der Waals surface area contributed by atoms with Crippen LogP contribution in [0.2, 0.25) is 0 Å². The monoisotopic (exact) mass is 458 g/mol. The van der Waals surface area contributed by atoms with E-state index in [-0.39, 0.29) is 18.0 Å². The summed E-state index contributed by atoms with van der Waals surface area (Å²) in [6, 6.07) is 10.5. The Kier molecular flexibility index (Phi) is 6.35. The van der Waals surface area contributed by atoms with Gasteiger partial charge in [0, 0.05) is 24.2 Å². The third kappa shape index (κ3) is 5.04. The first-order chi connectivity index (χ1) is 15.3. The second-order valence-corrected chi connectivity index (χ2v) is 8.94. The van der Waals surface area contributed by atoms with Crippen molar-refractivity contribution in [3.05, 3.63) is 60.7 Å². The lowest BCUT2D eigenvalue weighted by Crippen LogP contribution is -2.38. The average Bonchev–Trinajstić information content (AvgIpc) is 3.28. The lowest BCUT2D eigenvalue weighted by atomic mass is 10.1. The molecule has 2 aromatic carbocycles. The number of benzene rings is 2. The molecular formula is C22H23FN4O4S. The molecule has 1 aliphatic heterocycles. The Morgan fingerprint density at radius 2 is 1.62 bits per heavy atom. The van der Waals surface area contributed by atoms with Crippen molar-refractivity contribution in [1.29, 1.82) is 0 Å². The zero-order valence-electron chi connectivity index (χ0n) is 17.2. The highest BCUT2D eigenvalue weighted by atomic mass is 32.2. The van der Waals surface area contributed by atoms with Crippen LogP contribution in [-0.2, 0) is 10.3 Å². The molecule has 1 saturated heterocycles. The Balaban J connectivity index is 1.60. The van der Waals surface area contributed by atoms with Crippen LogP contribution in [-0.4, -0.2) is 59.1 Å².